The lowest BCUT2D eigenvalue weighted by atomic mass is 10.1. The zero-order valence-electron chi connectivity index (χ0n) is 13.4. The summed E-state index contributed by atoms with van der Waals surface area (Å²) < 4.78 is 0. The lowest BCUT2D eigenvalue weighted by molar-refractivity contribution is 0.0860. The topological polar surface area (TPSA) is 80.9 Å². The van der Waals surface area contributed by atoms with Gasteiger partial charge in [-0.2, -0.15) is 0 Å². The van der Waals surface area contributed by atoms with Gasteiger partial charge in [0.05, 0.1) is 25.4 Å². The Balaban J connectivity index is 0. The molecule has 0 bridgehead atoms. The minimum Gasteiger partial charge on any atom is -0.394 e. The average molecular weight is 292 g/mol. The molecular weight excluding hydrogens is 256 g/mol. The Hall–Kier alpha value is -0.160. The molecule has 124 valence electrons. The van der Waals surface area contributed by atoms with Gasteiger partial charge in [0.2, 0.25) is 0 Å². The largest absolute Gasteiger partial charge is 0.394 e. The number of aliphatic hydroxyl groups excluding tert-OH is 4. The van der Waals surface area contributed by atoms with Gasteiger partial charge in [-0.1, -0.05) is 65.2 Å². The van der Waals surface area contributed by atoms with E-state index in [1.807, 2.05) is 0 Å². The number of rotatable bonds is 12. The Bertz CT molecular complexity index is 147. The Morgan fingerprint density at radius 3 is 1.20 bits per heavy atom. The summed E-state index contributed by atoms with van der Waals surface area (Å²) in [7, 11) is 0. The first-order chi connectivity index (χ1) is 9.62. The highest BCUT2D eigenvalue weighted by Crippen LogP contribution is 2.05. The third-order valence-corrected chi connectivity index (χ3v) is 3.20. The molecule has 0 fully saturated rings. The van der Waals surface area contributed by atoms with Crippen LogP contribution in [0.15, 0.2) is 0 Å². The van der Waals surface area contributed by atoms with Gasteiger partial charge >= 0.3 is 0 Å². The van der Waals surface area contributed by atoms with E-state index in [0.717, 1.165) is 25.7 Å². The van der Waals surface area contributed by atoms with Gasteiger partial charge in [0.25, 0.3) is 0 Å². The van der Waals surface area contributed by atoms with Gasteiger partial charge in [0.15, 0.2) is 0 Å². The molecule has 0 aliphatic rings. The normalized spacial score (nSPS) is 13.5. The fraction of sp³-hybridized carbons (Fsp3) is 1.00. The monoisotopic (exact) mass is 292 g/mol. The highest BCUT2D eigenvalue weighted by molar-refractivity contribution is 4.53. The average Bonchev–Trinajstić information content (AvgIpc) is 2.48. The number of hydrogen-bond donors (Lipinski definition) is 4. The molecule has 0 amide bonds. The van der Waals surface area contributed by atoms with Crippen LogP contribution in [0.2, 0.25) is 0 Å². The van der Waals surface area contributed by atoms with Crippen LogP contribution in [0.5, 0.6) is 0 Å². The van der Waals surface area contributed by atoms with Crippen LogP contribution in [0.3, 0.4) is 0 Å². The molecule has 0 aliphatic carbocycles. The minimum absolute atomic E-state index is 0.0911. The summed E-state index contributed by atoms with van der Waals surface area (Å²) >= 11 is 0. The van der Waals surface area contributed by atoms with Crippen LogP contribution in [0.4, 0.5) is 0 Å². The van der Waals surface area contributed by atoms with Crippen molar-refractivity contribution < 1.29 is 20.4 Å². The third kappa shape index (κ3) is 20.2. The van der Waals surface area contributed by atoms with Crippen molar-refractivity contribution in [2.24, 2.45) is 0 Å². The van der Waals surface area contributed by atoms with Gasteiger partial charge in [-0.15, -0.1) is 0 Å². The Morgan fingerprint density at radius 1 is 0.600 bits per heavy atom. The van der Waals surface area contributed by atoms with Gasteiger partial charge in [-0.25, -0.2) is 0 Å². The van der Waals surface area contributed by atoms with Gasteiger partial charge < -0.3 is 20.4 Å². The summed E-state index contributed by atoms with van der Waals surface area (Å²) in [6, 6.07) is 0. The van der Waals surface area contributed by atoms with Crippen LogP contribution >= 0.6 is 0 Å². The van der Waals surface area contributed by atoms with Crippen LogP contribution in [-0.2, 0) is 0 Å². The van der Waals surface area contributed by atoms with Crippen molar-refractivity contribution in [3.63, 3.8) is 0 Å². The molecule has 2 unspecified atom stereocenters. The van der Waals surface area contributed by atoms with Gasteiger partial charge in [-0.3, -0.25) is 0 Å². The van der Waals surface area contributed by atoms with Gasteiger partial charge in [0.1, 0.15) is 0 Å². The fourth-order valence-electron chi connectivity index (χ4n) is 1.80. The van der Waals surface area contributed by atoms with Crippen LogP contribution < -0.4 is 0 Å². The van der Waals surface area contributed by atoms with E-state index in [9.17, 15) is 0 Å². The molecule has 0 spiro atoms. The van der Waals surface area contributed by atoms with E-state index in [1.165, 1.54) is 38.5 Å². The first kappa shape index (κ1) is 22.1. The molecule has 4 nitrogen and oxygen atoms in total. The standard InChI is InChI=1S/2C8H18O2/c2*1-2-3-4-5-6-8(10)7-9/h2*8-10H,2-7H2,1H3. The first-order valence-electron chi connectivity index (χ1n) is 8.20. The van der Waals surface area contributed by atoms with Crippen LogP contribution in [0.1, 0.15) is 78.1 Å². The second-order valence-corrected chi connectivity index (χ2v) is 5.37. The molecule has 0 aliphatic heterocycles. The molecule has 0 heterocycles. The molecular formula is C16H36O4. The molecule has 4 N–H and O–H groups in total. The van der Waals surface area contributed by atoms with E-state index in [0.29, 0.717) is 0 Å². The van der Waals surface area contributed by atoms with Crippen molar-refractivity contribution in [3.05, 3.63) is 0 Å². The van der Waals surface area contributed by atoms with Crippen molar-refractivity contribution in [2.75, 3.05) is 13.2 Å². The fourth-order valence-corrected chi connectivity index (χ4v) is 1.80. The van der Waals surface area contributed by atoms with Crippen molar-refractivity contribution in [2.45, 2.75) is 90.3 Å². The molecule has 0 saturated carbocycles. The molecule has 0 saturated heterocycles. The first-order valence-corrected chi connectivity index (χ1v) is 8.20. The second-order valence-electron chi connectivity index (χ2n) is 5.37. The Morgan fingerprint density at radius 2 is 0.950 bits per heavy atom. The molecule has 0 aromatic rings. The Kier molecular flexibility index (Phi) is 20.8. The van der Waals surface area contributed by atoms with Crippen molar-refractivity contribution in [1.82, 2.24) is 0 Å². The quantitative estimate of drug-likeness (QED) is 0.417. The summed E-state index contributed by atoms with van der Waals surface area (Å²) in [5, 5.41) is 34.7. The lowest BCUT2D eigenvalue weighted by Crippen LogP contribution is -2.10. The maximum atomic E-state index is 8.91. The predicted octanol–water partition coefficient (Wildman–Crippen LogP) is 2.62. The molecule has 20 heavy (non-hydrogen) atoms. The molecule has 4 heteroatoms. The maximum absolute atomic E-state index is 8.91. The molecule has 0 aromatic carbocycles. The van der Waals surface area contributed by atoms with Gasteiger partial charge in [-0.05, 0) is 12.8 Å². The molecule has 0 rings (SSSR count). The maximum Gasteiger partial charge on any atom is 0.0770 e. The van der Waals surface area contributed by atoms with E-state index in [-0.39, 0.29) is 13.2 Å². The highest BCUT2D eigenvalue weighted by Gasteiger charge is 2.00. The molecule has 0 aromatic heterocycles. The SMILES string of the molecule is CCCCCCC(O)CO.CCCCCCC(O)CO. The minimum atomic E-state index is -0.489. The zero-order chi connectivity index (χ0) is 15.6. The van der Waals surface area contributed by atoms with Crippen molar-refractivity contribution in [1.29, 1.82) is 0 Å². The summed E-state index contributed by atoms with van der Waals surface area (Å²) in [5.74, 6) is 0. The van der Waals surface area contributed by atoms with Gasteiger partial charge in [0, 0.05) is 0 Å². The summed E-state index contributed by atoms with van der Waals surface area (Å²) in [4.78, 5) is 0. The number of hydrogen-bond acceptors (Lipinski definition) is 4. The third-order valence-electron chi connectivity index (χ3n) is 3.20. The second kappa shape index (κ2) is 18.8. The van der Waals surface area contributed by atoms with E-state index >= 15 is 0 Å². The zero-order valence-corrected chi connectivity index (χ0v) is 13.4. The van der Waals surface area contributed by atoms with Crippen LogP contribution in [0.25, 0.3) is 0 Å². The molecule has 0 radical (unpaired) electrons. The number of aliphatic hydroxyl groups is 4. The summed E-state index contributed by atoms with van der Waals surface area (Å²) in [6.07, 6.45) is 9.84. The van der Waals surface area contributed by atoms with Crippen molar-refractivity contribution in [3.8, 4) is 0 Å². The van der Waals surface area contributed by atoms with Crippen molar-refractivity contribution >= 4 is 0 Å². The predicted molar refractivity (Wildman–Crippen MR) is 83.7 cm³/mol. The van der Waals surface area contributed by atoms with E-state index in [1.54, 1.807) is 0 Å². The smallest absolute Gasteiger partial charge is 0.0770 e. The van der Waals surface area contributed by atoms with Crippen LogP contribution in [0, 0.1) is 0 Å². The highest BCUT2D eigenvalue weighted by atomic mass is 16.3. The van der Waals surface area contributed by atoms with Crippen LogP contribution in [-0.4, -0.2) is 45.8 Å². The Labute approximate surface area is 124 Å². The molecule has 2 atom stereocenters. The van der Waals surface area contributed by atoms with E-state index in [4.69, 9.17) is 20.4 Å². The lowest BCUT2D eigenvalue weighted by Gasteiger charge is -2.04. The van der Waals surface area contributed by atoms with E-state index < -0.39 is 12.2 Å². The number of unbranched alkanes of at least 4 members (excludes halogenated alkanes) is 6. The van der Waals surface area contributed by atoms with E-state index in [2.05, 4.69) is 13.8 Å². The summed E-state index contributed by atoms with van der Waals surface area (Å²) in [5.41, 5.74) is 0. The summed E-state index contributed by atoms with van der Waals surface area (Å²) in [6.45, 7) is 4.13.